The van der Waals surface area contributed by atoms with Gasteiger partial charge in [0.1, 0.15) is 0 Å². The number of nitrogens with one attached hydrogen (secondary N) is 1. The van der Waals surface area contributed by atoms with Gasteiger partial charge in [0.2, 0.25) is 0 Å². The number of nitrogens with zero attached hydrogens (tertiary/aromatic N) is 1. The summed E-state index contributed by atoms with van der Waals surface area (Å²) in [5.74, 6) is -0.758. The maximum absolute atomic E-state index is 11.2. The van der Waals surface area contributed by atoms with Gasteiger partial charge < -0.3 is 16.2 Å². The molecular formula is C18H35N3O2. The molecule has 1 atom stereocenters. The van der Waals surface area contributed by atoms with Gasteiger partial charge >= 0.3 is 5.97 Å². The van der Waals surface area contributed by atoms with Crippen molar-refractivity contribution in [3.8, 4) is 0 Å². The summed E-state index contributed by atoms with van der Waals surface area (Å²) in [4.78, 5) is 13.2. The smallest absolute Gasteiger partial charge is 0.317 e. The molecule has 1 unspecified atom stereocenters. The Kier molecular flexibility index (Phi) is 8.34. The van der Waals surface area contributed by atoms with Crippen molar-refractivity contribution in [3.05, 3.63) is 0 Å². The molecule has 0 heterocycles. The van der Waals surface area contributed by atoms with E-state index in [1.165, 1.54) is 51.4 Å². The summed E-state index contributed by atoms with van der Waals surface area (Å²) in [6.45, 7) is 1.09. The van der Waals surface area contributed by atoms with Crippen LogP contribution >= 0.6 is 0 Å². The number of carboxylic acid groups (broad SMARTS) is 1. The average Bonchev–Trinajstić information content (AvgIpc) is 2.58. The van der Waals surface area contributed by atoms with E-state index in [1.807, 2.05) is 4.90 Å². The Morgan fingerprint density at radius 2 is 1.70 bits per heavy atom. The molecule has 0 aliphatic heterocycles. The van der Waals surface area contributed by atoms with Crippen LogP contribution in [-0.2, 0) is 4.79 Å². The molecule has 0 bridgehead atoms. The van der Waals surface area contributed by atoms with Crippen LogP contribution in [0.1, 0.15) is 77.0 Å². The second-order valence-electron chi connectivity index (χ2n) is 7.36. The van der Waals surface area contributed by atoms with Gasteiger partial charge in [0.15, 0.2) is 0 Å². The molecule has 23 heavy (non-hydrogen) atoms. The van der Waals surface area contributed by atoms with Crippen molar-refractivity contribution in [3.63, 3.8) is 0 Å². The normalized spacial score (nSPS) is 22.3. The van der Waals surface area contributed by atoms with Gasteiger partial charge in [-0.2, -0.15) is 0 Å². The lowest BCUT2D eigenvalue weighted by Crippen LogP contribution is -2.51. The van der Waals surface area contributed by atoms with E-state index < -0.39 is 5.97 Å². The van der Waals surface area contributed by atoms with Crippen LogP contribution in [0.2, 0.25) is 0 Å². The molecule has 0 spiro atoms. The highest BCUT2D eigenvalue weighted by molar-refractivity contribution is 5.69. The van der Waals surface area contributed by atoms with Gasteiger partial charge in [0.25, 0.3) is 0 Å². The number of carbonyl (C=O) groups is 1. The molecule has 0 aromatic rings. The fourth-order valence-corrected chi connectivity index (χ4v) is 4.18. The van der Waals surface area contributed by atoms with E-state index in [9.17, 15) is 9.90 Å². The van der Waals surface area contributed by atoms with Crippen molar-refractivity contribution >= 4 is 5.97 Å². The molecule has 5 nitrogen and oxygen atoms in total. The van der Waals surface area contributed by atoms with Gasteiger partial charge in [-0.25, -0.2) is 0 Å². The predicted octanol–water partition coefficient (Wildman–Crippen LogP) is 2.69. The van der Waals surface area contributed by atoms with E-state index in [0.29, 0.717) is 12.1 Å². The molecule has 0 aromatic carbocycles. The number of carboxylic acids is 1. The second-order valence-corrected chi connectivity index (χ2v) is 7.36. The summed E-state index contributed by atoms with van der Waals surface area (Å²) >= 11 is 0. The van der Waals surface area contributed by atoms with Crippen LogP contribution in [0.5, 0.6) is 0 Å². The topological polar surface area (TPSA) is 78.6 Å². The maximum atomic E-state index is 11.2. The number of rotatable bonds is 9. The zero-order valence-corrected chi connectivity index (χ0v) is 14.5. The summed E-state index contributed by atoms with van der Waals surface area (Å²) in [5, 5.41) is 12.8. The summed E-state index contributed by atoms with van der Waals surface area (Å²) in [5.41, 5.74) is 6.35. The minimum absolute atomic E-state index is 0.0852. The third-order valence-electron chi connectivity index (χ3n) is 5.50. The standard InChI is InChI=1S/C18H35N3O2/c19-17(12-7-13-20-15-8-3-1-4-9-15)21(14-18(22)23)16-10-5-2-6-11-16/h15-17,20H,1-14,19H2,(H,22,23). The number of hydrogen-bond donors (Lipinski definition) is 3. The zero-order chi connectivity index (χ0) is 16.5. The van der Waals surface area contributed by atoms with Gasteiger partial charge in [-0.3, -0.25) is 9.69 Å². The van der Waals surface area contributed by atoms with Crippen LogP contribution in [0.25, 0.3) is 0 Å². The second kappa shape index (κ2) is 10.3. The first-order chi connectivity index (χ1) is 11.2. The molecule has 2 saturated carbocycles. The lowest BCUT2D eigenvalue weighted by Gasteiger charge is -2.37. The first-order valence-corrected chi connectivity index (χ1v) is 9.63. The molecule has 2 fully saturated rings. The number of aliphatic carboxylic acids is 1. The summed E-state index contributed by atoms with van der Waals surface area (Å²) in [7, 11) is 0. The van der Waals surface area contributed by atoms with Gasteiger partial charge in [-0.05, 0) is 45.1 Å². The highest BCUT2D eigenvalue weighted by atomic mass is 16.4. The van der Waals surface area contributed by atoms with Crippen molar-refractivity contribution < 1.29 is 9.90 Å². The van der Waals surface area contributed by atoms with Crippen LogP contribution in [0.4, 0.5) is 0 Å². The van der Waals surface area contributed by atoms with E-state index in [-0.39, 0.29) is 12.7 Å². The molecule has 2 rings (SSSR count). The van der Waals surface area contributed by atoms with Crippen LogP contribution in [0.3, 0.4) is 0 Å². The molecule has 0 radical (unpaired) electrons. The van der Waals surface area contributed by atoms with Gasteiger partial charge in [0.05, 0.1) is 12.7 Å². The fourth-order valence-electron chi connectivity index (χ4n) is 4.18. The average molecular weight is 325 g/mol. The SMILES string of the molecule is NC(CCCNC1CCCCC1)N(CC(=O)O)C1CCCCC1. The minimum Gasteiger partial charge on any atom is -0.480 e. The Balaban J connectivity index is 1.70. The molecule has 2 aliphatic rings. The quantitative estimate of drug-likeness (QED) is 0.449. The molecule has 5 heteroatoms. The molecular weight excluding hydrogens is 290 g/mol. The molecule has 134 valence electrons. The van der Waals surface area contributed by atoms with E-state index >= 15 is 0 Å². The highest BCUT2D eigenvalue weighted by Crippen LogP contribution is 2.24. The van der Waals surface area contributed by atoms with Crippen LogP contribution < -0.4 is 11.1 Å². The lowest BCUT2D eigenvalue weighted by atomic mass is 9.93. The van der Waals surface area contributed by atoms with Crippen molar-refractivity contribution in [1.29, 1.82) is 0 Å². The van der Waals surface area contributed by atoms with Crippen molar-refractivity contribution in [2.45, 2.75) is 95.3 Å². The summed E-state index contributed by atoms with van der Waals surface area (Å²) < 4.78 is 0. The van der Waals surface area contributed by atoms with Crippen LogP contribution in [0, 0.1) is 0 Å². The molecule has 0 amide bonds. The van der Waals surface area contributed by atoms with Gasteiger partial charge in [-0.15, -0.1) is 0 Å². The summed E-state index contributed by atoms with van der Waals surface area (Å²) in [6.07, 6.45) is 14.4. The predicted molar refractivity (Wildman–Crippen MR) is 93.3 cm³/mol. The third-order valence-corrected chi connectivity index (χ3v) is 5.50. The summed E-state index contributed by atoms with van der Waals surface area (Å²) in [6, 6.07) is 1.05. The number of hydrogen-bond acceptors (Lipinski definition) is 4. The maximum Gasteiger partial charge on any atom is 0.317 e. The van der Waals surface area contributed by atoms with E-state index in [0.717, 1.165) is 32.2 Å². The first kappa shape index (κ1) is 18.7. The highest BCUT2D eigenvalue weighted by Gasteiger charge is 2.27. The Morgan fingerprint density at radius 1 is 1.09 bits per heavy atom. The van der Waals surface area contributed by atoms with E-state index in [1.54, 1.807) is 0 Å². The Bertz CT molecular complexity index is 339. The van der Waals surface area contributed by atoms with Gasteiger partial charge in [-0.1, -0.05) is 38.5 Å². The molecule has 0 saturated heterocycles. The van der Waals surface area contributed by atoms with E-state index in [4.69, 9.17) is 5.73 Å². The molecule has 2 aliphatic carbocycles. The van der Waals surface area contributed by atoms with Crippen molar-refractivity contribution in [1.82, 2.24) is 10.2 Å². The Labute approximate surface area is 141 Å². The van der Waals surface area contributed by atoms with Gasteiger partial charge in [0, 0.05) is 12.1 Å². The zero-order valence-electron chi connectivity index (χ0n) is 14.5. The lowest BCUT2D eigenvalue weighted by molar-refractivity contribution is -0.140. The number of nitrogens with two attached hydrogens (primary N) is 1. The van der Waals surface area contributed by atoms with Crippen LogP contribution in [0.15, 0.2) is 0 Å². The molecule has 4 N–H and O–H groups in total. The van der Waals surface area contributed by atoms with Crippen molar-refractivity contribution in [2.75, 3.05) is 13.1 Å². The first-order valence-electron chi connectivity index (χ1n) is 9.63. The third kappa shape index (κ3) is 6.77. The van der Waals surface area contributed by atoms with Crippen LogP contribution in [-0.4, -0.2) is 47.3 Å². The largest absolute Gasteiger partial charge is 0.480 e. The van der Waals surface area contributed by atoms with E-state index in [2.05, 4.69) is 5.32 Å². The molecule has 0 aromatic heterocycles. The minimum atomic E-state index is -0.758. The fraction of sp³-hybridized carbons (Fsp3) is 0.944. The monoisotopic (exact) mass is 325 g/mol. The Morgan fingerprint density at radius 3 is 2.30 bits per heavy atom. The van der Waals surface area contributed by atoms with Crippen molar-refractivity contribution in [2.24, 2.45) is 5.73 Å². The Hall–Kier alpha value is -0.650.